The maximum Gasteiger partial charge on any atom is 0.307 e. The number of unbranched alkanes of at least 4 members (excludes halogenated alkanes) is 1. The van der Waals surface area contributed by atoms with Crippen molar-refractivity contribution in [3.8, 4) is 0 Å². The van der Waals surface area contributed by atoms with Crippen molar-refractivity contribution >= 4 is 5.97 Å². The smallest absolute Gasteiger partial charge is 0.307 e. The second-order valence-electron chi connectivity index (χ2n) is 3.48. The van der Waals surface area contributed by atoms with Gasteiger partial charge in [0.1, 0.15) is 0 Å². The van der Waals surface area contributed by atoms with Crippen LogP contribution in [-0.2, 0) is 4.79 Å². The molecule has 3 heteroatoms. The average molecular weight is 201 g/mol. The van der Waals surface area contributed by atoms with E-state index in [9.17, 15) is 4.79 Å². The van der Waals surface area contributed by atoms with Gasteiger partial charge in [0, 0.05) is 6.54 Å². The predicted octanol–water partition coefficient (Wildman–Crippen LogP) is 2.22. The van der Waals surface area contributed by atoms with Gasteiger partial charge in [-0.1, -0.05) is 27.2 Å². The molecular formula is C11H23NO2. The molecule has 0 aromatic heterocycles. The summed E-state index contributed by atoms with van der Waals surface area (Å²) in [6.07, 6.45) is 3.21. The van der Waals surface area contributed by atoms with Gasteiger partial charge < -0.3 is 10.0 Å². The van der Waals surface area contributed by atoms with Crippen molar-refractivity contribution in [3.63, 3.8) is 0 Å². The minimum atomic E-state index is -0.631. The van der Waals surface area contributed by atoms with Gasteiger partial charge in [0.15, 0.2) is 0 Å². The van der Waals surface area contributed by atoms with Gasteiger partial charge in [-0.15, -0.1) is 0 Å². The van der Waals surface area contributed by atoms with Crippen LogP contribution in [0.25, 0.3) is 0 Å². The second-order valence-corrected chi connectivity index (χ2v) is 3.48. The third-order valence-electron chi connectivity index (χ3n) is 2.45. The Morgan fingerprint density at radius 3 is 2.57 bits per heavy atom. The zero-order valence-corrected chi connectivity index (χ0v) is 9.62. The lowest BCUT2D eigenvalue weighted by atomic mass is 10.1. The number of nitrogens with zero attached hydrogens (tertiary/aromatic N) is 1. The van der Waals surface area contributed by atoms with Crippen LogP contribution in [0.1, 0.15) is 40.0 Å². The first kappa shape index (κ1) is 13.4. The number of hydrogen-bond acceptors (Lipinski definition) is 2. The molecule has 0 saturated carbocycles. The monoisotopic (exact) mass is 201 g/mol. The van der Waals surface area contributed by atoms with Crippen LogP contribution in [0.4, 0.5) is 0 Å². The molecule has 84 valence electrons. The van der Waals surface area contributed by atoms with E-state index < -0.39 is 5.97 Å². The largest absolute Gasteiger partial charge is 0.481 e. The first-order valence-corrected chi connectivity index (χ1v) is 5.69. The number of aliphatic carboxylic acids is 1. The molecule has 0 bridgehead atoms. The molecule has 1 unspecified atom stereocenters. The van der Waals surface area contributed by atoms with Gasteiger partial charge in [-0.25, -0.2) is 0 Å². The van der Waals surface area contributed by atoms with Crippen LogP contribution in [0.15, 0.2) is 0 Å². The number of carboxylic acids is 1. The minimum absolute atomic E-state index is 0.109. The second kappa shape index (κ2) is 7.80. The maximum absolute atomic E-state index is 10.6. The van der Waals surface area contributed by atoms with Gasteiger partial charge in [0.2, 0.25) is 0 Å². The fourth-order valence-electron chi connectivity index (χ4n) is 1.62. The first-order chi connectivity index (χ1) is 6.74. The van der Waals surface area contributed by atoms with Crippen molar-refractivity contribution in [3.05, 3.63) is 0 Å². The molecule has 1 aliphatic rings. The summed E-state index contributed by atoms with van der Waals surface area (Å²) < 4.78 is 0. The predicted molar refractivity (Wildman–Crippen MR) is 58.4 cm³/mol. The van der Waals surface area contributed by atoms with Crippen molar-refractivity contribution in [2.24, 2.45) is 5.92 Å². The lowest BCUT2D eigenvalue weighted by molar-refractivity contribution is -0.141. The number of likely N-dealkylation sites (tertiary alicyclic amines) is 1. The van der Waals surface area contributed by atoms with Crippen molar-refractivity contribution in [1.82, 2.24) is 4.90 Å². The van der Waals surface area contributed by atoms with E-state index in [1.807, 2.05) is 13.8 Å². The zero-order valence-electron chi connectivity index (χ0n) is 9.62. The highest BCUT2D eigenvalue weighted by molar-refractivity contribution is 5.70. The lowest BCUT2D eigenvalue weighted by Gasteiger charge is -2.13. The molecule has 14 heavy (non-hydrogen) atoms. The molecule has 1 N–H and O–H groups in total. The Hall–Kier alpha value is -0.570. The Labute approximate surface area is 87.1 Å². The van der Waals surface area contributed by atoms with Gasteiger partial charge in [0.25, 0.3) is 0 Å². The SMILES string of the molecule is CC.CCCCN1CCC(C(=O)O)C1. The topological polar surface area (TPSA) is 40.5 Å². The van der Waals surface area contributed by atoms with E-state index in [0.29, 0.717) is 0 Å². The Morgan fingerprint density at radius 2 is 2.14 bits per heavy atom. The molecule has 3 nitrogen and oxygen atoms in total. The quantitative estimate of drug-likeness (QED) is 0.758. The van der Waals surface area contributed by atoms with E-state index in [4.69, 9.17) is 5.11 Å². The third-order valence-corrected chi connectivity index (χ3v) is 2.45. The van der Waals surface area contributed by atoms with E-state index in [2.05, 4.69) is 11.8 Å². The fraction of sp³-hybridized carbons (Fsp3) is 0.909. The number of carbonyl (C=O) groups is 1. The standard InChI is InChI=1S/C9H17NO2.C2H6/c1-2-3-5-10-6-4-8(7-10)9(11)12;1-2/h8H,2-7H2,1H3,(H,11,12);1-2H3. The highest BCUT2D eigenvalue weighted by Crippen LogP contribution is 2.16. The zero-order chi connectivity index (χ0) is 11.0. The molecule has 1 rings (SSSR count). The molecule has 0 amide bonds. The number of carboxylic acid groups (broad SMARTS) is 1. The maximum atomic E-state index is 10.6. The molecule has 1 atom stereocenters. The fourth-order valence-corrected chi connectivity index (χ4v) is 1.62. The van der Waals surface area contributed by atoms with Gasteiger partial charge in [-0.2, -0.15) is 0 Å². The first-order valence-electron chi connectivity index (χ1n) is 5.69. The van der Waals surface area contributed by atoms with Gasteiger partial charge in [-0.05, 0) is 25.9 Å². The molecular weight excluding hydrogens is 178 g/mol. The third kappa shape index (κ3) is 4.61. The van der Waals surface area contributed by atoms with Gasteiger partial charge in [0.05, 0.1) is 5.92 Å². The summed E-state index contributed by atoms with van der Waals surface area (Å²) in [6.45, 7) is 8.96. The summed E-state index contributed by atoms with van der Waals surface area (Å²) in [5.41, 5.74) is 0. The summed E-state index contributed by atoms with van der Waals surface area (Å²) in [7, 11) is 0. The van der Waals surface area contributed by atoms with Crippen molar-refractivity contribution in [2.75, 3.05) is 19.6 Å². The minimum Gasteiger partial charge on any atom is -0.481 e. The highest BCUT2D eigenvalue weighted by atomic mass is 16.4. The molecule has 0 aromatic rings. The Kier molecular flexibility index (Phi) is 7.48. The summed E-state index contributed by atoms with van der Waals surface area (Å²) in [5.74, 6) is -0.740. The molecule has 1 saturated heterocycles. The Bertz CT molecular complexity index is 159. The van der Waals surface area contributed by atoms with E-state index in [0.717, 1.165) is 26.1 Å². The molecule has 0 aliphatic carbocycles. The Balaban J connectivity index is 0.000000791. The van der Waals surface area contributed by atoms with Crippen LogP contribution in [0, 0.1) is 5.92 Å². The van der Waals surface area contributed by atoms with Crippen LogP contribution in [0.3, 0.4) is 0 Å². The van der Waals surface area contributed by atoms with E-state index in [-0.39, 0.29) is 5.92 Å². The average Bonchev–Trinajstić information content (AvgIpc) is 2.66. The molecule has 0 aromatic carbocycles. The van der Waals surface area contributed by atoms with Crippen LogP contribution >= 0.6 is 0 Å². The number of rotatable bonds is 4. The Morgan fingerprint density at radius 1 is 1.50 bits per heavy atom. The van der Waals surface area contributed by atoms with Crippen LogP contribution < -0.4 is 0 Å². The molecule has 0 spiro atoms. The van der Waals surface area contributed by atoms with Crippen LogP contribution in [-0.4, -0.2) is 35.6 Å². The van der Waals surface area contributed by atoms with Crippen LogP contribution in [0.5, 0.6) is 0 Å². The van der Waals surface area contributed by atoms with Gasteiger partial charge in [-0.3, -0.25) is 4.79 Å². The van der Waals surface area contributed by atoms with Crippen molar-refractivity contribution < 1.29 is 9.90 Å². The molecule has 0 radical (unpaired) electrons. The van der Waals surface area contributed by atoms with Gasteiger partial charge >= 0.3 is 5.97 Å². The normalized spacial score (nSPS) is 21.5. The molecule has 1 fully saturated rings. The summed E-state index contributed by atoms with van der Waals surface area (Å²) in [5, 5.41) is 8.73. The van der Waals surface area contributed by atoms with Crippen LogP contribution in [0.2, 0.25) is 0 Å². The van der Waals surface area contributed by atoms with E-state index >= 15 is 0 Å². The lowest BCUT2D eigenvalue weighted by Crippen LogP contribution is -2.24. The molecule has 1 aliphatic heterocycles. The number of hydrogen-bond donors (Lipinski definition) is 1. The van der Waals surface area contributed by atoms with E-state index in [1.165, 1.54) is 12.8 Å². The highest BCUT2D eigenvalue weighted by Gasteiger charge is 2.26. The summed E-state index contributed by atoms with van der Waals surface area (Å²) >= 11 is 0. The summed E-state index contributed by atoms with van der Waals surface area (Å²) in [6, 6.07) is 0. The van der Waals surface area contributed by atoms with Crippen molar-refractivity contribution in [2.45, 2.75) is 40.0 Å². The van der Waals surface area contributed by atoms with E-state index in [1.54, 1.807) is 0 Å². The summed E-state index contributed by atoms with van der Waals surface area (Å²) in [4.78, 5) is 12.8. The van der Waals surface area contributed by atoms with Crippen molar-refractivity contribution in [1.29, 1.82) is 0 Å². The molecule has 1 heterocycles.